The van der Waals surface area contributed by atoms with Gasteiger partial charge in [-0.15, -0.1) is 0 Å². The number of nitrogens with zero attached hydrogens (tertiary/aromatic N) is 2. The Hall–Kier alpha value is -3.93. The zero-order valence-corrected chi connectivity index (χ0v) is 18.0. The van der Waals surface area contributed by atoms with Gasteiger partial charge in [-0.2, -0.15) is 0 Å². The smallest absolute Gasteiger partial charge is 0.300 e. The molecule has 6 heteroatoms. The quantitative estimate of drug-likeness (QED) is 0.346. The highest BCUT2D eigenvalue weighted by Gasteiger charge is 2.47. The van der Waals surface area contributed by atoms with Crippen LogP contribution < -0.4 is 9.64 Å². The van der Waals surface area contributed by atoms with Gasteiger partial charge in [-0.25, -0.2) is 0 Å². The van der Waals surface area contributed by atoms with Crippen LogP contribution in [0.5, 0.6) is 5.75 Å². The third-order valence-corrected chi connectivity index (χ3v) is 5.39. The van der Waals surface area contributed by atoms with Crippen LogP contribution in [0.2, 0.25) is 0 Å². The number of carbonyl (C=O) groups excluding carboxylic acids is 2. The Bertz CT molecular complexity index is 1170. The lowest BCUT2D eigenvalue weighted by Gasteiger charge is -2.26. The third kappa shape index (κ3) is 3.87. The molecule has 1 amide bonds. The van der Waals surface area contributed by atoms with Gasteiger partial charge in [0.05, 0.1) is 17.9 Å². The average molecular weight is 428 g/mol. The van der Waals surface area contributed by atoms with E-state index < -0.39 is 17.7 Å². The van der Waals surface area contributed by atoms with Crippen LogP contribution in [0.1, 0.15) is 36.2 Å². The van der Waals surface area contributed by atoms with E-state index in [0.717, 1.165) is 12.0 Å². The number of benzene rings is 2. The Balaban J connectivity index is 1.85. The topological polar surface area (TPSA) is 79.7 Å². The van der Waals surface area contributed by atoms with E-state index in [9.17, 15) is 14.7 Å². The minimum absolute atomic E-state index is 0.0131. The lowest BCUT2D eigenvalue weighted by molar-refractivity contribution is -0.132. The molecule has 0 saturated carbocycles. The molecule has 32 heavy (non-hydrogen) atoms. The zero-order chi connectivity index (χ0) is 22.7. The maximum Gasteiger partial charge on any atom is 0.300 e. The molecule has 1 unspecified atom stereocenters. The molecule has 1 aromatic heterocycles. The Labute approximate surface area is 186 Å². The van der Waals surface area contributed by atoms with Crippen molar-refractivity contribution in [1.82, 2.24) is 4.98 Å². The first-order valence-corrected chi connectivity index (χ1v) is 10.5. The first-order valence-electron chi connectivity index (χ1n) is 10.5. The number of aryl methyl sites for hydroxylation is 1. The fraction of sp³-hybridized carbons (Fsp3) is 0.192. The molecular weight excluding hydrogens is 404 g/mol. The molecule has 1 aliphatic heterocycles. The number of aliphatic hydroxyl groups excluding tert-OH is 1. The number of ether oxygens (including phenoxy) is 1. The van der Waals surface area contributed by atoms with Gasteiger partial charge in [0.1, 0.15) is 17.6 Å². The summed E-state index contributed by atoms with van der Waals surface area (Å²) in [6.07, 6.45) is 2.49. The van der Waals surface area contributed by atoms with Crippen LogP contribution in [0.15, 0.2) is 78.5 Å². The number of carbonyl (C=O) groups is 2. The number of para-hydroxylation sites is 1. The first-order chi connectivity index (χ1) is 15.5. The van der Waals surface area contributed by atoms with Crippen molar-refractivity contribution in [3.8, 4) is 5.75 Å². The predicted octanol–water partition coefficient (Wildman–Crippen LogP) is 4.81. The Morgan fingerprint density at radius 3 is 2.41 bits per heavy atom. The SMILES string of the molecule is CCCOc1ccc(/C(O)=C2/C(=O)C(=O)N(c3ccccc3C)C2c2ccccn2)cc1. The molecule has 0 bridgehead atoms. The van der Waals surface area contributed by atoms with Crippen LogP contribution in [0.25, 0.3) is 5.76 Å². The fourth-order valence-corrected chi connectivity index (χ4v) is 3.82. The molecule has 162 valence electrons. The van der Waals surface area contributed by atoms with Crippen molar-refractivity contribution >= 4 is 23.1 Å². The summed E-state index contributed by atoms with van der Waals surface area (Å²) in [7, 11) is 0. The molecule has 4 rings (SSSR count). The van der Waals surface area contributed by atoms with Gasteiger partial charge in [-0.05, 0) is 61.4 Å². The fourth-order valence-electron chi connectivity index (χ4n) is 3.82. The second-order valence-electron chi connectivity index (χ2n) is 7.58. The van der Waals surface area contributed by atoms with Gasteiger partial charge in [0.2, 0.25) is 0 Å². The normalized spacial score (nSPS) is 17.6. The van der Waals surface area contributed by atoms with Gasteiger partial charge in [0, 0.05) is 17.4 Å². The molecule has 6 nitrogen and oxygen atoms in total. The second kappa shape index (κ2) is 9.06. The van der Waals surface area contributed by atoms with Gasteiger partial charge < -0.3 is 9.84 Å². The molecule has 1 fully saturated rings. The lowest BCUT2D eigenvalue weighted by Crippen LogP contribution is -2.30. The average Bonchev–Trinajstić information content (AvgIpc) is 3.09. The number of pyridine rings is 1. The van der Waals surface area contributed by atoms with Crippen molar-refractivity contribution in [3.63, 3.8) is 0 Å². The third-order valence-electron chi connectivity index (χ3n) is 5.39. The van der Waals surface area contributed by atoms with Crippen molar-refractivity contribution in [3.05, 3.63) is 95.3 Å². The number of aromatic nitrogens is 1. The first kappa shape index (κ1) is 21.3. The van der Waals surface area contributed by atoms with E-state index >= 15 is 0 Å². The van der Waals surface area contributed by atoms with Crippen molar-refractivity contribution in [2.24, 2.45) is 0 Å². The summed E-state index contributed by atoms with van der Waals surface area (Å²) in [6, 6.07) is 18.6. The number of hydrogen-bond donors (Lipinski definition) is 1. The Kier molecular flexibility index (Phi) is 6.03. The second-order valence-corrected chi connectivity index (χ2v) is 7.58. The summed E-state index contributed by atoms with van der Waals surface area (Å²) in [6.45, 7) is 4.48. The maximum atomic E-state index is 13.1. The highest BCUT2D eigenvalue weighted by molar-refractivity contribution is 6.51. The van der Waals surface area contributed by atoms with E-state index in [2.05, 4.69) is 4.98 Å². The van der Waals surface area contributed by atoms with Gasteiger partial charge >= 0.3 is 0 Å². The number of aliphatic hydroxyl groups is 1. The molecule has 2 aromatic carbocycles. The molecule has 1 aliphatic rings. The van der Waals surface area contributed by atoms with E-state index in [0.29, 0.717) is 29.3 Å². The number of hydrogen-bond acceptors (Lipinski definition) is 5. The molecule has 0 aliphatic carbocycles. The Morgan fingerprint density at radius 2 is 1.75 bits per heavy atom. The maximum absolute atomic E-state index is 13.1. The molecule has 1 saturated heterocycles. The molecule has 0 spiro atoms. The minimum atomic E-state index is -0.840. The highest BCUT2D eigenvalue weighted by Crippen LogP contribution is 2.42. The molecule has 1 atom stereocenters. The van der Waals surface area contributed by atoms with E-state index in [4.69, 9.17) is 4.74 Å². The number of Topliss-reactive ketones (excluding diaryl/α,β-unsaturated/α-hetero) is 1. The summed E-state index contributed by atoms with van der Waals surface area (Å²) in [5.74, 6) is -1.01. The van der Waals surface area contributed by atoms with Crippen molar-refractivity contribution in [2.45, 2.75) is 26.3 Å². The van der Waals surface area contributed by atoms with Gasteiger partial charge in [0.15, 0.2) is 0 Å². The molecule has 3 aromatic rings. The monoisotopic (exact) mass is 428 g/mol. The van der Waals surface area contributed by atoms with Crippen LogP contribution in [0.4, 0.5) is 5.69 Å². The lowest BCUT2D eigenvalue weighted by atomic mass is 9.98. The van der Waals surface area contributed by atoms with Crippen molar-refractivity contribution in [2.75, 3.05) is 11.5 Å². The number of rotatable bonds is 6. The van der Waals surface area contributed by atoms with Crippen LogP contribution in [0, 0.1) is 6.92 Å². The predicted molar refractivity (Wildman–Crippen MR) is 122 cm³/mol. The standard InChI is InChI=1S/C26H24N2O4/c1-3-16-32-19-13-11-18(12-14-19)24(29)22-23(20-9-6-7-15-27-20)28(26(31)25(22)30)21-10-5-4-8-17(21)2/h4-15,23,29H,3,16H2,1-2H3/b24-22-. The highest BCUT2D eigenvalue weighted by atomic mass is 16.5. The van der Waals surface area contributed by atoms with Crippen LogP contribution in [-0.4, -0.2) is 28.4 Å². The van der Waals surface area contributed by atoms with Crippen LogP contribution in [0.3, 0.4) is 0 Å². The number of ketones is 1. The summed E-state index contributed by atoms with van der Waals surface area (Å²) >= 11 is 0. The summed E-state index contributed by atoms with van der Waals surface area (Å²) in [5, 5.41) is 11.2. The molecule has 1 N–H and O–H groups in total. The molecule has 0 radical (unpaired) electrons. The van der Waals surface area contributed by atoms with E-state index in [1.54, 1.807) is 54.7 Å². The molecular formula is C26H24N2O4. The van der Waals surface area contributed by atoms with Gasteiger partial charge in [-0.3, -0.25) is 19.5 Å². The number of amides is 1. The summed E-state index contributed by atoms with van der Waals surface area (Å²) in [5.41, 5.74) is 2.39. The van der Waals surface area contributed by atoms with Crippen LogP contribution >= 0.6 is 0 Å². The molecule has 2 heterocycles. The van der Waals surface area contributed by atoms with Gasteiger partial charge in [-0.1, -0.05) is 31.2 Å². The summed E-state index contributed by atoms with van der Waals surface area (Å²) in [4.78, 5) is 32.1. The van der Waals surface area contributed by atoms with Crippen LogP contribution in [-0.2, 0) is 9.59 Å². The van der Waals surface area contributed by atoms with Gasteiger partial charge in [0.25, 0.3) is 11.7 Å². The van der Waals surface area contributed by atoms with E-state index in [-0.39, 0.29) is 11.3 Å². The summed E-state index contributed by atoms with van der Waals surface area (Å²) < 4.78 is 5.60. The minimum Gasteiger partial charge on any atom is -0.507 e. The zero-order valence-electron chi connectivity index (χ0n) is 18.0. The largest absolute Gasteiger partial charge is 0.507 e. The van der Waals surface area contributed by atoms with E-state index in [1.165, 1.54) is 4.90 Å². The van der Waals surface area contributed by atoms with Crippen molar-refractivity contribution in [1.29, 1.82) is 0 Å². The van der Waals surface area contributed by atoms with Crippen molar-refractivity contribution < 1.29 is 19.4 Å². The number of anilines is 1. The Morgan fingerprint density at radius 1 is 1.03 bits per heavy atom. The van der Waals surface area contributed by atoms with E-state index in [1.807, 2.05) is 32.0 Å².